The molecule has 0 aromatic heterocycles. The Bertz CT molecular complexity index is 1620. The molecular weight excluding hydrogens is 709 g/mol. The monoisotopic (exact) mass is 743 g/mol. The predicted octanol–water partition coefficient (Wildman–Crippen LogP) is 4.43. The number of fused-ring (bicyclic) bond motifs is 4. The number of imide groups is 2. The Morgan fingerprint density at radius 1 is 0.915 bits per heavy atom. The Labute approximate surface area is 291 Å². The molecule has 9 nitrogen and oxygen atoms in total. The SMILES string of the molecule is O=C1C2CC=C3C(CC4(Cl)C(=O)N(CBr)C(=O)C4(Cl)C3c3ccc(OCCO)cc3)C2C(=O)N1C1CCN(Cc2ccccc2)CC1. The third-order valence-electron chi connectivity index (χ3n) is 10.8. The summed E-state index contributed by atoms with van der Waals surface area (Å²) in [4.78, 5) is 57.4. The number of halogens is 3. The summed E-state index contributed by atoms with van der Waals surface area (Å²) in [5.74, 6) is -3.71. The number of ether oxygens (including phenoxy) is 1. The minimum absolute atomic E-state index is 0.0320. The van der Waals surface area contributed by atoms with Crippen molar-refractivity contribution in [2.24, 2.45) is 17.8 Å². The van der Waals surface area contributed by atoms with Gasteiger partial charge in [0.1, 0.15) is 12.4 Å². The van der Waals surface area contributed by atoms with Gasteiger partial charge < -0.3 is 9.84 Å². The molecule has 2 aliphatic carbocycles. The van der Waals surface area contributed by atoms with E-state index in [4.69, 9.17) is 33.0 Å². The molecule has 4 amide bonds. The molecule has 47 heavy (non-hydrogen) atoms. The van der Waals surface area contributed by atoms with E-state index in [0.717, 1.165) is 30.1 Å². The first-order chi connectivity index (χ1) is 22.6. The number of hydrogen-bond donors (Lipinski definition) is 1. The molecule has 7 rings (SSSR count). The summed E-state index contributed by atoms with van der Waals surface area (Å²) >= 11 is 17.9. The number of aliphatic hydroxyl groups is 1. The smallest absolute Gasteiger partial charge is 0.254 e. The lowest BCUT2D eigenvalue weighted by atomic mass is 9.56. The van der Waals surface area contributed by atoms with E-state index < -0.39 is 45.2 Å². The van der Waals surface area contributed by atoms with Crippen LogP contribution in [-0.4, -0.2) is 91.0 Å². The maximum atomic E-state index is 14.4. The van der Waals surface area contributed by atoms with Crippen molar-refractivity contribution in [3.8, 4) is 5.75 Å². The van der Waals surface area contributed by atoms with Gasteiger partial charge in [-0.3, -0.25) is 33.9 Å². The zero-order valence-electron chi connectivity index (χ0n) is 25.7. The molecule has 3 heterocycles. The van der Waals surface area contributed by atoms with E-state index in [1.54, 1.807) is 24.3 Å². The van der Waals surface area contributed by atoms with Crippen molar-refractivity contribution in [2.75, 3.05) is 31.8 Å². The van der Waals surface area contributed by atoms with Crippen LogP contribution in [0.3, 0.4) is 0 Å². The number of rotatable bonds is 8. The number of aliphatic hydroxyl groups excluding tert-OH is 1. The molecule has 248 valence electrons. The van der Waals surface area contributed by atoms with Crippen LogP contribution in [0.5, 0.6) is 5.75 Å². The van der Waals surface area contributed by atoms with Crippen molar-refractivity contribution in [3.63, 3.8) is 0 Å². The molecule has 2 aromatic rings. The van der Waals surface area contributed by atoms with Gasteiger partial charge in [0.25, 0.3) is 11.8 Å². The second kappa shape index (κ2) is 12.6. The third kappa shape index (κ3) is 5.09. The van der Waals surface area contributed by atoms with Crippen LogP contribution in [-0.2, 0) is 25.7 Å². The number of carbonyl (C=O) groups is 4. The number of piperidine rings is 1. The lowest BCUT2D eigenvalue weighted by Crippen LogP contribution is -2.60. The molecule has 5 aliphatic rings. The van der Waals surface area contributed by atoms with Crippen LogP contribution in [0.4, 0.5) is 0 Å². The molecule has 6 unspecified atom stereocenters. The number of allylic oxidation sites excluding steroid dienone is 2. The van der Waals surface area contributed by atoms with E-state index in [1.807, 2.05) is 24.3 Å². The van der Waals surface area contributed by atoms with Crippen molar-refractivity contribution in [1.29, 1.82) is 0 Å². The molecule has 3 saturated heterocycles. The number of alkyl halides is 3. The zero-order valence-corrected chi connectivity index (χ0v) is 28.8. The topological polar surface area (TPSA) is 107 Å². The van der Waals surface area contributed by atoms with E-state index in [2.05, 4.69) is 33.0 Å². The minimum atomic E-state index is -1.85. The maximum absolute atomic E-state index is 14.4. The second-order valence-corrected chi connectivity index (χ2v) is 14.9. The number of carbonyl (C=O) groups excluding carboxylic acids is 4. The molecule has 1 N–H and O–H groups in total. The Kier molecular flexibility index (Phi) is 8.79. The standard InChI is InChI=1S/C35H36BrCl2N3O6/c36-20-40-32(45)34(37)18-27-25(29(35(34,38)33(40)46)22-6-8-24(9-7-22)47-17-16-42)10-11-26-28(27)31(44)41(30(26)43)23-12-14-39(15-13-23)19-21-4-2-1-3-5-21/h1-10,23,26-29,42H,11-20H2. The fourth-order valence-corrected chi connectivity index (χ4v) is 10.0. The first-order valence-corrected chi connectivity index (χ1v) is 18.0. The molecule has 3 aliphatic heterocycles. The van der Waals surface area contributed by atoms with Gasteiger partial charge in [-0.1, -0.05) is 70.0 Å². The fourth-order valence-electron chi connectivity index (χ4n) is 8.61. The number of nitrogens with zero attached hydrogens (tertiary/aromatic N) is 3. The Morgan fingerprint density at radius 3 is 2.28 bits per heavy atom. The molecule has 0 bridgehead atoms. The van der Waals surface area contributed by atoms with Gasteiger partial charge in [0.2, 0.25) is 11.8 Å². The maximum Gasteiger partial charge on any atom is 0.254 e. The average Bonchev–Trinajstić information content (AvgIpc) is 3.42. The molecule has 0 radical (unpaired) electrons. The van der Waals surface area contributed by atoms with Crippen LogP contribution in [0.15, 0.2) is 66.2 Å². The summed E-state index contributed by atoms with van der Waals surface area (Å²) in [5.41, 5.74) is 2.57. The Balaban J connectivity index is 1.19. The lowest BCUT2D eigenvalue weighted by molar-refractivity contribution is -0.144. The first kappa shape index (κ1) is 32.8. The largest absolute Gasteiger partial charge is 0.491 e. The summed E-state index contributed by atoms with van der Waals surface area (Å²) in [6, 6.07) is 17.0. The zero-order chi connectivity index (χ0) is 33.1. The number of hydrogen-bond acceptors (Lipinski definition) is 7. The van der Waals surface area contributed by atoms with E-state index in [0.29, 0.717) is 30.6 Å². The number of amides is 4. The highest BCUT2D eigenvalue weighted by atomic mass is 79.9. The molecule has 4 fully saturated rings. The van der Waals surface area contributed by atoms with Crippen molar-refractivity contribution in [2.45, 2.75) is 53.9 Å². The summed E-state index contributed by atoms with van der Waals surface area (Å²) in [7, 11) is 0. The van der Waals surface area contributed by atoms with Crippen molar-refractivity contribution >= 4 is 62.8 Å². The van der Waals surface area contributed by atoms with Crippen LogP contribution in [0.25, 0.3) is 0 Å². The molecule has 1 saturated carbocycles. The fraction of sp³-hybridized carbons (Fsp3) is 0.486. The van der Waals surface area contributed by atoms with Gasteiger partial charge in [-0.15, -0.1) is 23.2 Å². The van der Waals surface area contributed by atoms with Crippen molar-refractivity contribution in [3.05, 3.63) is 77.4 Å². The minimum Gasteiger partial charge on any atom is -0.491 e. The highest BCUT2D eigenvalue weighted by molar-refractivity contribution is 9.09. The van der Waals surface area contributed by atoms with Gasteiger partial charge in [0, 0.05) is 31.6 Å². The van der Waals surface area contributed by atoms with Gasteiger partial charge >= 0.3 is 0 Å². The third-order valence-corrected chi connectivity index (χ3v) is 12.7. The van der Waals surface area contributed by atoms with E-state index in [9.17, 15) is 19.2 Å². The number of likely N-dealkylation sites (tertiary alicyclic amines) is 3. The molecule has 2 aromatic carbocycles. The van der Waals surface area contributed by atoms with Gasteiger partial charge in [0.05, 0.1) is 23.9 Å². The van der Waals surface area contributed by atoms with Gasteiger partial charge in [-0.2, -0.15) is 0 Å². The summed E-state index contributed by atoms with van der Waals surface area (Å²) in [6.07, 6.45) is 3.65. The highest BCUT2D eigenvalue weighted by Gasteiger charge is 2.76. The van der Waals surface area contributed by atoms with E-state index in [-0.39, 0.29) is 42.9 Å². The predicted molar refractivity (Wildman–Crippen MR) is 179 cm³/mol. The highest BCUT2D eigenvalue weighted by Crippen LogP contribution is 2.65. The summed E-state index contributed by atoms with van der Waals surface area (Å²) in [6.45, 7) is 2.35. The van der Waals surface area contributed by atoms with Crippen LogP contribution in [0, 0.1) is 17.8 Å². The summed E-state index contributed by atoms with van der Waals surface area (Å²) in [5, 5.41) is 9.17. The van der Waals surface area contributed by atoms with Crippen LogP contribution in [0.2, 0.25) is 0 Å². The quantitative estimate of drug-likeness (QED) is 0.185. The van der Waals surface area contributed by atoms with Gasteiger partial charge in [0.15, 0.2) is 9.75 Å². The van der Waals surface area contributed by atoms with Crippen molar-refractivity contribution < 1.29 is 29.0 Å². The normalized spacial score (nSPS) is 32.7. The van der Waals surface area contributed by atoms with Gasteiger partial charge in [-0.25, -0.2) is 0 Å². The average molecular weight is 745 g/mol. The van der Waals surface area contributed by atoms with E-state index >= 15 is 0 Å². The molecule has 6 atom stereocenters. The Hall–Kier alpha value is -2.76. The first-order valence-electron chi connectivity index (χ1n) is 16.1. The van der Waals surface area contributed by atoms with Crippen LogP contribution in [0.1, 0.15) is 42.7 Å². The van der Waals surface area contributed by atoms with Crippen LogP contribution < -0.4 is 4.74 Å². The molecule has 12 heteroatoms. The van der Waals surface area contributed by atoms with E-state index in [1.165, 1.54) is 10.5 Å². The van der Waals surface area contributed by atoms with Crippen LogP contribution >= 0.6 is 39.1 Å². The molecular formula is C35H36BrCl2N3O6. The molecule has 0 spiro atoms. The lowest BCUT2D eigenvalue weighted by Gasteiger charge is -2.50. The number of benzene rings is 2. The second-order valence-electron chi connectivity index (χ2n) is 13.2. The van der Waals surface area contributed by atoms with Crippen molar-refractivity contribution in [1.82, 2.24) is 14.7 Å². The summed E-state index contributed by atoms with van der Waals surface area (Å²) < 4.78 is 5.55. The Morgan fingerprint density at radius 2 is 1.62 bits per heavy atom. The van der Waals surface area contributed by atoms with Gasteiger partial charge in [-0.05, 0) is 54.9 Å².